The fourth-order valence-electron chi connectivity index (χ4n) is 2.65. The van der Waals surface area contributed by atoms with Crippen molar-refractivity contribution in [3.63, 3.8) is 0 Å². The van der Waals surface area contributed by atoms with Gasteiger partial charge in [-0.3, -0.25) is 4.79 Å². The number of hydrogen-bond donors (Lipinski definition) is 0. The Morgan fingerprint density at radius 2 is 2.18 bits per heavy atom. The van der Waals surface area contributed by atoms with Crippen LogP contribution in [0.15, 0.2) is 40.1 Å². The van der Waals surface area contributed by atoms with Crippen molar-refractivity contribution in [2.45, 2.75) is 37.5 Å². The molecule has 1 aromatic carbocycles. The Labute approximate surface area is 134 Å². The Kier molecular flexibility index (Phi) is 4.77. The number of hydrogen-bond acceptors (Lipinski definition) is 5. The molecule has 6 heteroatoms. The average Bonchev–Trinajstić information content (AvgIpc) is 3.03. The first-order valence-corrected chi connectivity index (χ1v) is 8.54. The molecule has 1 aliphatic heterocycles. The van der Waals surface area contributed by atoms with Crippen molar-refractivity contribution in [1.82, 2.24) is 15.0 Å². The monoisotopic (exact) mass is 317 g/mol. The molecule has 0 N–H and O–H groups in total. The third kappa shape index (κ3) is 3.50. The predicted octanol–water partition coefficient (Wildman–Crippen LogP) is 3.23. The second-order valence-electron chi connectivity index (χ2n) is 5.47. The van der Waals surface area contributed by atoms with Crippen LogP contribution >= 0.6 is 11.8 Å². The van der Waals surface area contributed by atoms with Crippen LogP contribution in [0.1, 0.15) is 26.2 Å². The fourth-order valence-corrected chi connectivity index (χ4v) is 3.30. The van der Waals surface area contributed by atoms with E-state index in [9.17, 15) is 4.79 Å². The van der Waals surface area contributed by atoms with Gasteiger partial charge in [0.15, 0.2) is 0 Å². The van der Waals surface area contributed by atoms with Crippen molar-refractivity contribution in [2.75, 3.05) is 12.3 Å². The second-order valence-corrected chi connectivity index (χ2v) is 6.40. The molecule has 5 nitrogen and oxygen atoms in total. The summed E-state index contributed by atoms with van der Waals surface area (Å²) in [5.74, 6) is 1.05. The maximum atomic E-state index is 12.3. The maximum Gasteiger partial charge on any atom is 0.286 e. The number of aromatic nitrogens is 2. The third-order valence-electron chi connectivity index (χ3n) is 3.88. The summed E-state index contributed by atoms with van der Waals surface area (Å²) in [7, 11) is 0. The fraction of sp³-hybridized carbons (Fsp3) is 0.438. The van der Waals surface area contributed by atoms with E-state index in [2.05, 4.69) is 17.1 Å². The molecule has 0 radical (unpaired) electrons. The molecule has 0 aliphatic carbocycles. The van der Waals surface area contributed by atoms with Gasteiger partial charge in [0.1, 0.15) is 0 Å². The van der Waals surface area contributed by atoms with Crippen LogP contribution in [-0.4, -0.2) is 39.3 Å². The van der Waals surface area contributed by atoms with Gasteiger partial charge in [-0.25, -0.2) is 0 Å². The second kappa shape index (κ2) is 6.96. The van der Waals surface area contributed by atoms with E-state index in [1.165, 1.54) is 18.2 Å². The molecule has 116 valence electrons. The van der Waals surface area contributed by atoms with E-state index in [0.717, 1.165) is 24.9 Å². The van der Waals surface area contributed by atoms with Crippen LogP contribution in [0.4, 0.5) is 0 Å². The van der Waals surface area contributed by atoms with Crippen molar-refractivity contribution in [2.24, 2.45) is 0 Å². The first kappa shape index (κ1) is 15.1. The number of thioether (sulfide) groups is 1. The van der Waals surface area contributed by atoms with Crippen molar-refractivity contribution < 1.29 is 9.32 Å². The lowest BCUT2D eigenvalue weighted by Gasteiger charge is -2.33. The molecular formula is C16H19N3O2S. The van der Waals surface area contributed by atoms with Gasteiger partial charge in [0, 0.05) is 18.2 Å². The molecule has 1 aromatic heterocycles. The Bertz CT molecular complexity index is 629. The largest absolute Gasteiger partial charge is 0.339 e. The lowest BCUT2D eigenvalue weighted by atomic mass is 10.0. The van der Waals surface area contributed by atoms with E-state index in [1.54, 1.807) is 0 Å². The SMILES string of the molecule is C[C@@H]1CCCCN1C(=O)CSc1nc(-c2ccccc2)no1. The normalized spacial score (nSPS) is 18.4. The zero-order valence-electron chi connectivity index (χ0n) is 12.6. The molecule has 0 saturated carbocycles. The third-order valence-corrected chi connectivity index (χ3v) is 4.69. The molecule has 1 atom stereocenters. The number of nitrogens with zero attached hydrogens (tertiary/aromatic N) is 3. The number of likely N-dealkylation sites (tertiary alicyclic amines) is 1. The highest BCUT2D eigenvalue weighted by Gasteiger charge is 2.23. The topological polar surface area (TPSA) is 59.2 Å². The zero-order chi connectivity index (χ0) is 15.4. The highest BCUT2D eigenvalue weighted by Crippen LogP contribution is 2.23. The van der Waals surface area contributed by atoms with E-state index in [0.29, 0.717) is 22.8 Å². The standard InChI is InChI=1S/C16H19N3O2S/c1-12-7-5-6-10-19(12)14(20)11-22-16-17-15(18-21-16)13-8-3-2-4-9-13/h2-4,8-9,12H,5-7,10-11H2,1H3/t12-/m1/s1. The Balaban J connectivity index is 1.58. The minimum Gasteiger partial charge on any atom is -0.339 e. The maximum absolute atomic E-state index is 12.3. The van der Waals surface area contributed by atoms with Gasteiger partial charge in [-0.15, -0.1) is 0 Å². The molecule has 0 spiro atoms. The Hall–Kier alpha value is -1.82. The summed E-state index contributed by atoms with van der Waals surface area (Å²) in [5.41, 5.74) is 0.911. The van der Waals surface area contributed by atoms with Gasteiger partial charge in [-0.1, -0.05) is 47.3 Å². The van der Waals surface area contributed by atoms with Crippen molar-refractivity contribution >= 4 is 17.7 Å². The van der Waals surface area contributed by atoms with Gasteiger partial charge in [0.05, 0.1) is 5.75 Å². The molecule has 1 amide bonds. The Morgan fingerprint density at radius 3 is 2.95 bits per heavy atom. The van der Waals surface area contributed by atoms with Crippen molar-refractivity contribution in [3.8, 4) is 11.4 Å². The summed E-state index contributed by atoms with van der Waals surface area (Å²) in [5, 5.41) is 4.40. The van der Waals surface area contributed by atoms with Gasteiger partial charge >= 0.3 is 0 Å². The van der Waals surface area contributed by atoms with Crippen LogP contribution < -0.4 is 0 Å². The molecule has 0 bridgehead atoms. The summed E-state index contributed by atoms with van der Waals surface area (Å²) in [6.07, 6.45) is 3.40. The number of amides is 1. The van der Waals surface area contributed by atoms with E-state index >= 15 is 0 Å². The first-order valence-electron chi connectivity index (χ1n) is 7.55. The van der Waals surface area contributed by atoms with E-state index in [1.807, 2.05) is 35.2 Å². The molecular weight excluding hydrogens is 298 g/mol. The summed E-state index contributed by atoms with van der Waals surface area (Å²) in [6, 6.07) is 10.0. The number of rotatable bonds is 4. The first-order chi connectivity index (χ1) is 10.7. The van der Waals surface area contributed by atoms with Gasteiger partial charge < -0.3 is 9.42 Å². The highest BCUT2D eigenvalue weighted by molar-refractivity contribution is 7.99. The van der Waals surface area contributed by atoms with Gasteiger partial charge in [-0.05, 0) is 26.2 Å². The number of carbonyl (C=O) groups excluding carboxylic acids is 1. The highest BCUT2D eigenvalue weighted by atomic mass is 32.2. The Morgan fingerprint density at radius 1 is 1.36 bits per heavy atom. The van der Waals surface area contributed by atoms with Crippen LogP contribution in [0.5, 0.6) is 0 Å². The predicted molar refractivity (Wildman–Crippen MR) is 85.5 cm³/mol. The molecule has 1 fully saturated rings. The lowest BCUT2D eigenvalue weighted by Crippen LogP contribution is -2.42. The smallest absolute Gasteiger partial charge is 0.286 e. The summed E-state index contributed by atoms with van der Waals surface area (Å²) < 4.78 is 5.21. The molecule has 1 aliphatic rings. The van der Waals surface area contributed by atoms with Crippen LogP contribution in [0.25, 0.3) is 11.4 Å². The van der Waals surface area contributed by atoms with Crippen LogP contribution in [-0.2, 0) is 4.79 Å². The van der Waals surface area contributed by atoms with Gasteiger partial charge in [0.25, 0.3) is 5.22 Å². The van der Waals surface area contributed by atoms with E-state index < -0.39 is 0 Å². The van der Waals surface area contributed by atoms with Crippen molar-refractivity contribution in [3.05, 3.63) is 30.3 Å². The average molecular weight is 317 g/mol. The lowest BCUT2D eigenvalue weighted by molar-refractivity contribution is -0.131. The summed E-state index contributed by atoms with van der Waals surface area (Å²) >= 11 is 1.31. The molecule has 0 unspecified atom stereocenters. The quantitative estimate of drug-likeness (QED) is 0.810. The van der Waals surface area contributed by atoms with E-state index in [4.69, 9.17) is 4.52 Å². The minimum absolute atomic E-state index is 0.150. The van der Waals surface area contributed by atoms with Crippen LogP contribution in [0.3, 0.4) is 0 Å². The van der Waals surface area contributed by atoms with Gasteiger partial charge in [-0.2, -0.15) is 4.98 Å². The van der Waals surface area contributed by atoms with Gasteiger partial charge in [0.2, 0.25) is 11.7 Å². The molecule has 1 saturated heterocycles. The molecule has 2 aromatic rings. The van der Waals surface area contributed by atoms with E-state index in [-0.39, 0.29) is 5.91 Å². The summed E-state index contributed by atoms with van der Waals surface area (Å²) in [6.45, 7) is 2.97. The molecule has 22 heavy (non-hydrogen) atoms. The number of carbonyl (C=O) groups is 1. The number of benzene rings is 1. The molecule has 2 heterocycles. The van der Waals surface area contributed by atoms with Crippen LogP contribution in [0.2, 0.25) is 0 Å². The molecule has 3 rings (SSSR count). The zero-order valence-corrected chi connectivity index (χ0v) is 13.4. The van der Waals surface area contributed by atoms with Crippen LogP contribution in [0, 0.1) is 0 Å². The van der Waals surface area contributed by atoms with Crippen molar-refractivity contribution in [1.29, 1.82) is 0 Å². The summed E-state index contributed by atoms with van der Waals surface area (Å²) in [4.78, 5) is 18.6. The minimum atomic E-state index is 0.150. The number of piperidine rings is 1.